The molecule has 0 spiro atoms. The van der Waals surface area contributed by atoms with Crippen molar-refractivity contribution in [1.82, 2.24) is 0 Å². The molecule has 0 unspecified atom stereocenters. The molecule has 0 saturated carbocycles. The van der Waals surface area contributed by atoms with Crippen LogP contribution in [-0.4, -0.2) is 17.7 Å². The number of benzene rings is 1. The van der Waals surface area contributed by atoms with E-state index in [1.165, 1.54) is 0 Å². The Bertz CT molecular complexity index is 376. The number of nitrogens with one attached hydrogen (secondary N) is 1. The van der Waals surface area contributed by atoms with Gasteiger partial charge in [0.1, 0.15) is 5.88 Å². The summed E-state index contributed by atoms with van der Waals surface area (Å²) in [5.74, 6) is -0.630. The van der Waals surface area contributed by atoms with Gasteiger partial charge < -0.3 is 11.1 Å². The first kappa shape index (κ1) is 12.5. The third-order valence-electron chi connectivity index (χ3n) is 2.02. The van der Waals surface area contributed by atoms with Crippen LogP contribution in [0.2, 0.25) is 0 Å². The number of alkyl halides is 1. The number of nitrogens with two attached hydrogens (primary N) is 1. The molecule has 0 aromatic heterocycles. The quantitative estimate of drug-likeness (QED) is 0.761. The van der Waals surface area contributed by atoms with Crippen LogP contribution >= 0.6 is 11.6 Å². The molecule has 0 radical (unpaired) electrons. The molecule has 0 aliphatic carbocycles. The number of carbonyl (C=O) groups is 2. The molecule has 1 aromatic carbocycles. The van der Waals surface area contributed by atoms with E-state index >= 15 is 0 Å². The summed E-state index contributed by atoms with van der Waals surface area (Å²) in [4.78, 5) is 21.6. The van der Waals surface area contributed by atoms with Gasteiger partial charge in [-0.15, -0.1) is 11.6 Å². The minimum absolute atomic E-state index is 0.0660. The lowest BCUT2D eigenvalue weighted by Crippen LogP contribution is -2.12. The normalized spacial score (nSPS) is 9.81. The smallest absolute Gasteiger partial charge is 0.239 e. The zero-order valence-electron chi connectivity index (χ0n) is 8.70. The van der Waals surface area contributed by atoms with E-state index in [4.69, 9.17) is 17.3 Å². The lowest BCUT2D eigenvalue weighted by Gasteiger charge is -2.04. The third kappa shape index (κ3) is 4.31. The Morgan fingerprint density at radius 1 is 1.25 bits per heavy atom. The minimum atomic E-state index is -0.320. The number of primary amides is 1. The topological polar surface area (TPSA) is 72.2 Å². The Morgan fingerprint density at radius 2 is 1.88 bits per heavy atom. The Morgan fingerprint density at radius 3 is 2.38 bits per heavy atom. The fraction of sp³-hybridized carbons (Fsp3) is 0.273. The Kier molecular flexibility index (Phi) is 4.79. The van der Waals surface area contributed by atoms with Crippen LogP contribution in [0.25, 0.3) is 0 Å². The van der Waals surface area contributed by atoms with E-state index in [0.717, 1.165) is 5.56 Å². The van der Waals surface area contributed by atoms with Crippen LogP contribution in [-0.2, 0) is 16.0 Å². The van der Waals surface area contributed by atoms with Gasteiger partial charge in [0.05, 0.1) is 0 Å². The van der Waals surface area contributed by atoms with Gasteiger partial charge in [0.2, 0.25) is 11.8 Å². The average Bonchev–Trinajstić information content (AvgIpc) is 2.28. The molecule has 0 aliphatic rings. The second-order valence-electron chi connectivity index (χ2n) is 3.35. The van der Waals surface area contributed by atoms with Crippen molar-refractivity contribution < 1.29 is 9.59 Å². The molecule has 1 aromatic rings. The number of hydrogen-bond acceptors (Lipinski definition) is 2. The largest absolute Gasteiger partial charge is 0.370 e. The van der Waals surface area contributed by atoms with E-state index in [0.29, 0.717) is 18.5 Å². The van der Waals surface area contributed by atoms with E-state index in [-0.39, 0.29) is 17.7 Å². The molecule has 4 nitrogen and oxygen atoms in total. The Labute approximate surface area is 98.8 Å². The number of carbonyl (C=O) groups excluding carboxylic acids is 2. The summed E-state index contributed by atoms with van der Waals surface area (Å²) >= 11 is 5.35. The van der Waals surface area contributed by atoms with Gasteiger partial charge in [0.15, 0.2) is 0 Å². The number of amides is 2. The molecule has 1 rings (SSSR count). The second-order valence-corrected chi connectivity index (χ2v) is 3.61. The first-order valence-corrected chi connectivity index (χ1v) is 5.38. The van der Waals surface area contributed by atoms with Crippen LogP contribution < -0.4 is 11.1 Å². The van der Waals surface area contributed by atoms with Gasteiger partial charge in [-0.3, -0.25) is 9.59 Å². The lowest BCUT2D eigenvalue weighted by atomic mass is 10.1. The van der Waals surface area contributed by atoms with Crippen molar-refractivity contribution in [3.63, 3.8) is 0 Å². The van der Waals surface area contributed by atoms with Crippen molar-refractivity contribution in [2.75, 3.05) is 11.2 Å². The molecule has 2 amide bonds. The maximum absolute atomic E-state index is 11.0. The molecule has 3 N–H and O–H groups in total. The number of anilines is 1. The fourth-order valence-corrected chi connectivity index (χ4v) is 1.28. The molecule has 0 saturated heterocycles. The van der Waals surface area contributed by atoms with Crippen molar-refractivity contribution in [2.24, 2.45) is 5.73 Å². The third-order valence-corrected chi connectivity index (χ3v) is 2.26. The highest BCUT2D eigenvalue weighted by Gasteiger charge is 2.01. The Hall–Kier alpha value is -1.55. The highest BCUT2D eigenvalue weighted by molar-refractivity contribution is 6.29. The van der Waals surface area contributed by atoms with Crippen molar-refractivity contribution in [3.8, 4) is 0 Å². The lowest BCUT2D eigenvalue weighted by molar-refractivity contribution is -0.118. The number of hydrogen-bond donors (Lipinski definition) is 2. The second kappa shape index (κ2) is 6.12. The van der Waals surface area contributed by atoms with Gasteiger partial charge in [-0.25, -0.2) is 0 Å². The van der Waals surface area contributed by atoms with Gasteiger partial charge >= 0.3 is 0 Å². The summed E-state index contributed by atoms with van der Waals surface area (Å²) in [6.07, 6.45) is 0.937. The van der Waals surface area contributed by atoms with Gasteiger partial charge in [0, 0.05) is 12.1 Å². The van der Waals surface area contributed by atoms with Crippen molar-refractivity contribution in [3.05, 3.63) is 29.8 Å². The standard InChI is InChI=1S/C11H13ClN2O2/c12-7-11(16)14-9-4-1-8(2-5-9)3-6-10(13)15/h1-2,4-5H,3,6-7H2,(H2,13,15)(H,14,16). The van der Waals surface area contributed by atoms with Crippen LogP contribution in [0.15, 0.2) is 24.3 Å². The highest BCUT2D eigenvalue weighted by Crippen LogP contribution is 2.11. The predicted molar refractivity (Wildman–Crippen MR) is 63.3 cm³/mol. The zero-order valence-corrected chi connectivity index (χ0v) is 9.46. The summed E-state index contributed by atoms with van der Waals surface area (Å²) < 4.78 is 0. The van der Waals surface area contributed by atoms with Crippen molar-refractivity contribution in [2.45, 2.75) is 12.8 Å². The number of aryl methyl sites for hydroxylation is 1. The molecule has 86 valence electrons. The summed E-state index contributed by atoms with van der Waals surface area (Å²) in [5.41, 5.74) is 6.73. The average molecular weight is 241 g/mol. The van der Waals surface area contributed by atoms with Crippen LogP contribution in [0, 0.1) is 0 Å². The van der Waals surface area contributed by atoms with Crippen LogP contribution in [0.3, 0.4) is 0 Å². The predicted octanol–water partition coefficient (Wildman–Crippen LogP) is 1.28. The first-order chi connectivity index (χ1) is 7.61. The maximum Gasteiger partial charge on any atom is 0.239 e. The summed E-state index contributed by atoms with van der Waals surface area (Å²) in [6, 6.07) is 7.21. The fourth-order valence-electron chi connectivity index (χ4n) is 1.22. The summed E-state index contributed by atoms with van der Waals surface area (Å²) in [5, 5.41) is 2.62. The van der Waals surface area contributed by atoms with Crippen LogP contribution in [0.1, 0.15) is 12.0 Å². The molecule has 0 fully saturated rings. The molecule has 0 aliphatic heterocycles. The molecule has 5 heteroatoms. The van der Waals surface area contributed by atoms with Crippen molar-refractivity contribution in [1.29, 1.82) is 0 Å². The zero-order chi connectivity index (χ0) is 12.0. The maximum atomic E-state index is 11.0. The van der Waals surface area contributed by atoms with Crippen molar-refractivity contribution >= 4 is 29.1 Å². The molecular weight excluding hydrogens is 228 g/mol. The van der Waals surface area contributed by atoms with Gasteiger partial charge in [-0.2, -0.15) is 0 Å². The van der Waals surface area contributed by atoms with Gasteiger partial charge in [0.25, 0.3) is 0 Å². The number of rotatable bonds is 5. The van der Waals surface area contributed by atoms with E-state index in [9.17, 15) is 9.59 Å². The van der Waals surface area contributed by atoms with Gasteiger partial charge in [-0.05, 0) is 24.1 Å². The SMILES string of the molecule is NC(=O)CCc1ccc(NC(=O)CCl)cc1. The monoisotopic (exact) mass is 240 g/mol. The molecular formula is C11H13ClN2O2. The van der Waals surface area contributed by atoms with E-state index < -0.39 is 0 Å². The van der Waals surface area contributed by atoms with Gasteiger partial charge in [-0.1, -0.05) is 12.1 Å². The highest BCUT2D eigenvalue weighted by atomic mass is 35.5. The summed E-state index contributed by atoms with van der Waals surface area (Å²) in [7, 11) is 0. The summed E-state index contributed by atoms with van der Waals surface area (Å²) in [6.45, 7) is 0. The van der Waals surface area contributed by atoms with E-state index in [1.54, 1.807) is 12.1 Å². The first-order valence-electron chi connectivity index (χ1n) is 4.85. The van der Waals surface area contributed by atoms with E-state index in [1.807, 2.05) is 12.1 Å². The minimum Gasteiger partial charge on any atom is -0.370 e. The van der Waals surface area contributed by atoms with Crippen LogP contribution in [0.5, 0.6) is 0 Å². The van der Waals surface area contributed by atoms with Crippen LogP contribution in [0.4, 0.5) is 5.69 Å². The van der Waals surface area contributed by atoms with E-state index in [2.05, 4.69) is 5.32 Å². The molecule has 0 heterocycles. The number of halogens is 1. The molecule has 0 atom stereocenters. The Balaban J connectivity index is 2.54. The molecule has 0 bridgehead atoms. The molecule has 16 heavy (non-hydrogen) atoms.